The van der Waals surface area contributed by atoms with Crippen molar-refractivity contribution in [2.24, 2.45) is 0 Å². The fourth-order valence-corrected chi connectivity index (χ4v) is 0. The summed E-state index contributed by atoms with van der Waals surface area (Å²) < 4.78 is 0. The van der Waals surface area contributed by atoms with Crippen LogP contribution in [0.2, 0.25) is 0 Å². The summed E-state index contributed by atoms with van der Waals surface area (Å²) >= 11 is 0. The summed E-state index contributed by atoms with van der Waals surface area (Å²) in [4.78, 5) is 0. The van der Waals surface area contributed by atoms with E-state index in [-0.39, 0.29) is 84.4 Å². The maximum absolute atomic E-state index is 0. The molecule has 0 spiro atoms. The second-order valence-electron chi connectivity index (χ2n) is 0. The van der Waals surface area contributed by atoms with Crippen LogP contribution < -0.4 is 0 Å². The fraction of sp³-hybridized carbons (Fsp3) is 0. The van der Waals surface area contributed by atoms with Crippen LogP contribution in [0.15, 0.2) is 0 Å². The average molecular weight is 309 g/mol. The Labute approximate surface area is 83.0 Å². The van der Waals surface area contributed by atoms with Crippen LogP contribution in [0.1, 0.15) is 0 Å². The van der Waals surface area contributed by atoms with Crippen LogP contribution in [0.4, 0.5) is 0 Å². The Balaban J connectivity index is 0. The van der Waals surface area contributed by atoms with Gasteiger partial charge in [-0.2, -0.15) is 0 Å². The van der Waals surface area contributed by atoms with Gasteiger partial charge in [-0.25, -0.2) is 0 Å². The van der Waals surface area contributed by atoms with Crippen LogP contribution in [0.3, 0.4) is 0 Å². The van der Waals surface area contributed by atoms with Crippen molar-refractivity contribution in [3.63, 3.8) is 0 Å². The fourth-order valence-electron chi connectivity index (χ4n) is 0. The van der Waals surface area contributed by atoms with Crippen LogP contribution in [0, 0.1) is 0 Å². The Morgan fingerprint density at radius 1 is 1.00 bits per heavy atom. The predicted molar refractivity (Wildman–Crippen MR) is 8.54 cm³/mol. The summed E-state index contributed by atoms with van der Waals surface area (Å²) in [5.74, 6) is 0. The topological polar surface area (TPSA) is 0 Å². The summed E-state index contributed by atoms with van der Waals surface area (Å²) in [5, 5.41) is 0. The standard InChI is InChI=1S/Mg.Ti.V.W.2H. The molecule has 4 heavy (non-hydrogen) atoms. The van der Waals surface area contributed by atoms with Gasteiger partial charge in [0.15, 0.2) is 0 Å². The molecule has 0 nitrogen and oxygen atoms in total. The van der Waals surface area contributed by atoms with Crippen molar-refractivity contribution in [1.82, 2.24) is 0 Å². The Kier molecular flexibility index (Phi) is 126. The average Bonchev–Trinajstić information content (AvgIpc) is 0. The smallest absolute Gasteiger partial charge is 0 e. The van der Waals surface area contributed by atoms with Gasteiger partial charge in [0.1, 0.15) is 0 Å². The van der Waals surface area contributed by atoms with E-state index in [4.69, 9.17) is 0 Å². The third-order valence-corrected chi connectivity index (χ3v) is 0. The minimum absolute atomic E-state index is 0. The molecule has 0 aliphatic rings. The van der Waals surface area contributed by atoms with Crippen molar-refractivity contribution in [2.75, 3.05) is 0 Å². The molecule has 0 aliphatic heterocycles. The first-order valence-electron chi connectivity index (χ1n) is 0. The summed E-state index contributed by atoms with van der Waals surface area (Å²) in [6.45, 7) is 0. The number of hydrogen-bond donors (Lipinski definition) is 0. The maximum atomic E-state index is 0. The van der Waals surface area contributed by atoms with E-state index in [2.05, 4.69) is 0 Å². The maximum Gasteiger partial charge on any atom is 0.316 e. The number of hydrogen-bond acceptors (Lipinski definition) is 0. The van der Waals surface area contributed by atoms with Gasteiger partial charge in [0.2, 0.25) is 0 Å². The van der Waals surface area contributed by atoms with Crippen molar-refractivity contribution in [1.29, 1.82) is 0 Å². The van der Waals surface area contributed by atoms with Gasteiger partial charge in [0.05, 0.1) is 0 Å². The van der Waals surface area contributed by atoms with E-state index in [1.807, 2.05) is 0 Å². The molecule has 0 aromatic rings. The van der Waals surface area contributed by atoms with E-state index < -0.39 is 0 Å². The zero-order valence-electron chi connectivity index (χ0n) is 1.36. The van der Waals surface area contributed by atoms with Gasteiger partial charge in [-0.3, -0.25) is 0 Å². The second-order valence-corrected chi connectivity index (χ2v) is 0. The molecule has 0 heterocycles. The van der Waals surface area contributed by atoms with E-state index >= 15 is 0 Å². The van der Waals surface area contributed by atoms with Crippen molar-refractivity contribution < 1.29 is 61.3 Å². The quantitative estimate of drug-likeness (QED) is 0.508. The molecule has 0 saturated heterocycles. The van der Waals surface area contributed by atoms with Gasteiger partial charge >= 0.3 is 23.1 Å². The summed E-state index contributed by atoms with van der Waals surface area (Å²) in [7, 11) is 0. The second kappa shape index (κ2) is 17.1. The van der Waals surface area contributed by atoms with E-state index in [0.29, 0.717) is 0 Å². The van der Waals surface area contributed by atoms with E-state index in [1.54, 1.807) is 0 Å². The molecule has 0 saturated carbocycles. The van der Waals surface area contributed by atoms with Crippen molar-refractivity contribution in [3.05, 3.63) is 0 Å². The number of rotatable bonds is 0. The van der Waals surface area contributed by atoms with Crippen LogP contribution in [0.25, 0.3) is 0 Å². The van der Waals surface area contributed by atoms with Gasteiger partial charge in [-0.15, -0.1) is 0 Å². The van der Waals surface area contributed by atoms with Gasteiger partial charge in [0.25, 0.3) is 0 Å². The van der Waals surface area contributed by atoms with Crippen molar-refractivity contribution >= 4 is 23.1 Å². The predicted octanol–water partition coefficient (Wildman–Crippen LogP) is -0.924. The van der Waals surface area contributed by atoms with E-state index in [0.717, 1.165) is 0 Å². The van der Waals surface area contributed by atoms with Crippen molar-refractivity contribution in [2.45, 2.75) is 0 Å². The first kappa shape index (κ1) is 29.5. The Morgan fingerprint density at radius 3 is 1.00 bits per heavy atom. The van der Waals surface area contributed by atoms with E-state index in [9.17, 15) is 0 Å². The molecular formula is H2MgTiVW. The van der Waals surface area contributed by atoms with Gasteiger partial charge in [0, 0.05) is 61.3 Å². The zero-order valence-corrected chi connectivity index (χ0v) is 7.25. The summed E-state index contributed by atoms with van der Waals surface area (Å²) in [6.07, 6.45) is 0. The Bertz CT molecular complexity index is 8.00. The summed E-state index contributed by atoms with van der Waals surface area (Å²) in [6, 6.07) is 0. The first-order valence-corrected chi connectivity index (χ1v) is 0. The third kappa shape index (κ3) is 8.83. The molecule has 0 atom stereocenters. The van der Waals surface area contributed by atoms with E-state index in [1.165, 1.54) is 0 Å². The van der Waals surface area contributed by atoms with Crippen LogP contribution in [-0.2, 0) is 61.3 Å². The van der Waals surface area contributed by atoms with Gasteiger partial charge in [-0.05, 0) is 0 Å². The SMILES string of the molecule is [MgH2].[Ti].[V].[W]. The van der Waals surface area contributed by atoms with Gasteiger partial charge in [-0.1, -0.05) is 0 Å². The molecule has 0 aliphatic carbocycles. The monoisotopic (exact) mass is 309 g/mol. The molecule has 19 valence electrons. The summed E-state index contributed by atoms with van der Waals surface area (Å²) in [5.41, 5.74) is 0. The molecule has 0 amide bonds. The minimum atomic E-state index is 0. The minimum Gasteiger partial charge on any atom is 0 e. The largest absolute Gasteiger partial charge is 0.316 e. The molecule has 4 heteroatoms. The molecule has 1 radical (unpaired) electrons. The molecule has 0 fully saturated rings. The molecular weight excluding hydrogens is 307 g/mol. The van der Waals surface area contributed by atoms with Crippen LogP contribution in [0.5, 0.6) is 0 Å². The molecule has 0 aromatic heterocycles. The molecule has 0 N–H and O–H groups in total. The molecule has 0 aromatic carbocycles. The third-order valence-electron chi connectivity index (χ3n) is 0. The van der Waals surface area contributed by atoms with Crippen LogP contribution in [-0.4, -0.2) is 23.1 Å². The molecule has 0 bridgehead atoms. The molecule has 0 unspecified atom stereocenters. The Morgan fingerprint density at radius 2 is 1.00 bits per heavy atom. The van der Waals surface area contributed by atoms with Crippen LogP contribution >= 0.6 is 0 Å². The van der Waals surface area contributed by atoms with Crippen molar-refractivity contribution in [3.8, 4) is 0 Å². The van der Waals surface area contributed by atoms with Gasteiger partial charge < -0.3 is 0 Å². The Hall–Kier alpha value is 2.75. The normalized spacial score (nSPS) is 0. The molecule has 0 rings (SSSR count). The first-order chi connectivity index (χ1) is 0. The zero-order chi connectivity index (χ0) is 0.